The molecule has 0 unspecified atom stereocenters. The lowest BCUT2D eigenvalue weighted by atomic mass is 10.1. The molecule has 17 heavy (non-hydrogen) atoms. The SMILES string of the molecule is CC1=CCN(S(=O)(=O)c2sc(Cl)nc2C)CC1. The minimum Gasteiger partial charge on any atom is -0.229 e. The Balaban J connectivity index is 2.34. The number of hydrogen-bond donors (Lipinski definition) is 0. The first-order valence-electron chi connectivity index (χ1n) is 5.20. The summed E-state index contributed by atoms with van der Waals surface area (Å²) in [5.41, 5.74) is 1.71. The summed E-state index contributed by atoms with van der Waals surface area (Å²) < 4.78 is 26.7. The Kier molecular flexibility index (Phi) is 3.58. The third-order valence-corrected chi connectivity index (χ3v) is 6.41. The number of sulfonamides is 1. The van der Waals surface area contributed by atoms with E-state index in [1.54, 1.807) is 6.92 Å². The smallest absolute Gasteiger partial charge is 0.229 e. The number of aryl methyl sites for hydroxylation is 1. The lowest BCUT2D eigenvalue weighted by Gasteiger charge is -2.24. The zero-order valence-electron chi connectivity index (χ0n) is 9.60. The van der Waals surface area contributed by atoms with Gasteiger partial charge in [0.25, 0.3) is 10.0 Å². The number of hydrogen-bond acceptors (Lipinski definition) is 4. The second kappa shape index (κ2) is 4.68. The van der Waals surface area contributed by atoms with E-state index in [1.807, 2.05) is 13.0 Å². The van der Waals surface area contributed by atoms with Crippen molar-refractivity contribution in [2.45, 2.75) is 24.5 Å². The average molecular weight is 293 g/mol. The van der Waals surface area contributed by atoms with Gasteiger partial charge >= 0.3 is 0 Å². The summed E-state index contributed by atoms with van der Waals surface area (Å²) >= 11 is 6.77. The topological polar surface area (TPSA) is 50.3 Å². The molecule has 1 aromatic heterocycles. The van der Waals surface area contributed by atoms with Crippen LogP contribution in [0.4, 0.5) is 0 Å². The fourth-order valence-corrected chi connectivity index (χ4v) is 4.93. The Morgan fingerprint density at radius 3 is 2.65 bits per heavy atom. The minimum atomic E-state index is -3.43. The molecule has 2 heterocycles. The highest BCUT2D eigenvalue weighted by molar-refractivity contribution is 7.91. The van der Waals surface area contributed by atoms with Crippen molar-refractivity contribution in [2.24, 2.45) is 0 Å². The molecule has 7 heteroatoms. The van der Waals surface area contributed by atoms with E-state index < -0.39 is 10.0 Å². The molecule has 2 rings (SSSR count). The molecule has 1 aliphatic heterocycles. The quantitative estimate of drug-likeness (QED) is 0.787. The van der Waals surface area contributed by atoms with E-state index in [9.17, 15) is 8.42 Å². The van der Waals surface area contributed by atoms with Gasteiger partial charge in [0.15, 0.2) is 8.68 Å². The minimum absolute atomic E-state index is 0.260. The molecule has 0 saturated carbocycles. The van der Waals surface area contributed by atoms with Crippen LogP contribution in [-0.2, 0) is 10.0 Å². The molecule has 0 amide bonds. The van der Waals surface area contributed by atoms with Gasteiger partial charge in [-0.1, -0.05) is 34.6 Å². The van der Waals surface area contributed by atoms with Crippen molar-refractivity contribution in [3.05, 3.63) is 21.8 Å². The maximum atomic E-state index is 12.3. The lowest BCUT2D eigenvalue weighted by Crippen LogP contribution is -2.34. The monoisotopic (exact) mass is 292 g/mol. The predicted molar refractivity (Wildman–Crippen MR) is 69.0 cm³/mol. The highest BCUT2D eigenvalue weighted by atomic mass is 35.5. The van der Waals surface area contributed by atoms with Crippen molar-refractivity contribution < 1.29 is 8.42 Å². The van der Waals surface area contributed by atoms with E-state index in [0.29, 0.717) is 18.8 Å². The largest absolute Gasteiger partial charge is 0.254 e. The third-order valence-electron chi connectivity index (χ3n) is 2.70. The molecule has 1 aliphatic rings. The van der Waals surface area contributed by atoms with Crippen LogP contribution in [0.15, 0.2) is 15.9 Å². The molecule has 0 radical (unpaired) electrons. The fourth-order valence-electron chi connectivity index (χ4n) is 1.68. The molecule has 0 saturated heterocycles. The summed E-state index contributed by atoms with van der Waals surface area (Å²) in [4.78, 5) is 3.95. The van der Waals surface area contributed by atoms with Gasteiger partial charge in [-0.2, -0.15) is 4.31 Å². The van der Waals surface area contributed by atoms with Gasteiger partial charge in [0.1, 0.15) is 0 Å². The Hall–Kier alpha value is -0.430. The fraction of sp³-hybridized carbons (Fsp3) is 0.500. The molecule has 94 valence electrons. The van der Waals surface area contributed by atoms with Gasteiger partial charge in [0, 0.05) is 13.1 Å². The van der Waals surface area contributed by atoms with Gasteiger partial charge in [-0.3, -0.25) is 0 Å². The van der Waals surface area contributed by atoms with Crippen LogP contribution in [-0.4, -0.2) is 30.8 Å². The molecule has 0 fully saturated rings. The predicted octanol–water partition coefficient (Wildman–Crippen LogP) is 2.45. The molecule has 4 nitrogen and oxygen atoms in total. The summed E-state index contributed by atoms with van der Waals surface area (Å²) in [5.74, 6) is 0. The van der Waals surface area contributed by atoms with Crippen LogP contribution in [0.25, 0.3) is 0 Å². The second-order valence-corrected chi connectivity index (χ2v) is 7.72. The summed E-state index contributed by atoms with van der Waals surface area (Å²) in [6.07, 6.45) is 2.73. The van der Waals surface area contributed by atoms with Crippen LogP contribution in [0.3, 0.4) is 0 Å². The van der Waals surface area contributed by atoms with Crippen molar-refractivity contribution in [3.63, 3.8) is 0 Å². The Bertz CT molecular complexity index is 563. The van der Waals surface area contributed by atoms with E-state index in [0.717, 1.165) is 17.8 Å². The van der Waals surface area contributed by atoms with E-state index in [4.69, 9.17) is 11.6 Å². The zero-order valence-corrected chi connectivity index (χ0v) is 12.0. The molecular formula is C10H13ClN2O2S2. The maximum Gasteiger partial charge on any atom is 0.254 e. The molecule has 0 aliphatic carbocycles. The molecule has 0 aromatic carbocycles. The van der Waals surface area contributed by atoms with Crippen LogP contribution in [0, 0.1) is 6.92 Å². The first-order valence-corrected chi connectivity index (χ1v) is 7.83. The molecule has 0 spiro atoms. The van der Waals surface area contributed by atoms with Crippen LogP contribution >= 0.6 is 22.9 Å². The van der Waals surface area contributed by atoms with E-state index in [-0.39, 0.29) is 8.68 Å². The number of thiazole rings is 1. The van der Waals surface area contributed by atoms with Crippen molar-refractivity contribution >= 4 is 33.0 Å². The number of rotatable bonds is 2. The Morgan fingerprint density at radius 1 is 1.47 bits per heavy atom. The summed E-state index contributed by atoms with van der Waals surface area (Å²) in [6, 6.07) is 0. The van der Waals surface area contributed by atoms with Gasteiger partial charge in [-0.15, -0.1) is 0 Å². The van der Waals surface area contributed by atoms with Gasteiger partial charge in [-0.05, 0) is 20.3 Å². The van der Waals surface area contributed by atoms with E-state index in [2.05, 4.69) is 4.98 Å². The van der Waals surface area contributed by atoms with E-state index >= 15 is 0 Å². The van der Waals surface area contributed by atoms with Crippen LogP contribution < -0.4 is 0 Å². The third kappa shape index (κ3) is 2.54. The second-order valence-electron chi connectivity index (χ2n) is 4.00. The van der Waals surface area contributed by atoms with Gasteiger partial charge in [-0.25, -0.2) is 13.4 Å². The van der Waals surface area contributed by atoms with Crippen LogP contribution in [0.2, 0.25) is 4.47 Å². The van der Waals surface area contributed by atoms with Crippen molar-refractivity contribution in [2.75, 3.05) is 13.1 Å². The number of halogens is 1. The Morgan fingerprint density at radius 2 is 2.18 bits per heavy atom. The first kappa shape index (κ1) is 13.0. The van der Waals surface area contributed by atoms with Crippen LogP contribution in [0.5, 0.6) is 0 Å². The van der Waals surface area contributed by atoms with Crippen molar-refractivity contribution in [1.82, 2.24) is 9.29 Å². The molecular weight excluding hydrogens is 280 g/mol. The normalized spacial score (nSPS) is 18.2. The molecule has 0 bridgehead atoms. The standard InChI is InChI=1S/C10H13ClN2O2S2/c1-7-3-5-13(6-4-7)17(14,15)9-8(2)12-10(11)16-9/h3H,4-6H2,1-2H3. The molecule has 0 N–H and O–H groups in total. The highest BCUT2D eigenvalue weighted by Crippen LogP contribution is 2.30. The van der Waals surface area contributed by atoms with Gasteiger partial charge < -0.3 is 0 Å². The molecule has 1 aromatic rings. The average Bonchev–Trinajstić information content (AvgIpc) is 2.59. The van der Waals surface area contributed by atoms with Crippen LogP contribution in [0.1, 0.15) is 19.0 Å². The maximum absolute atomic E-state index is 12.3. The lowest BCUT2D eigenvalue weighted by molar-refractivity contribution is 0.432. The summed E-state index contributed by atoms with van der Waals surface area (Å²) in [7, 11) is -3.43. The zero-order chi connectivity index (χ0) is 12.6. The number of nitrogens with zero attached hydrogens (tertiary/aromatic N) is 2. The number of aromatic nitrogens is 1. The highest BCUT2D eigenvalue weighted by Gasteiger charge is 2.29. The molecule has 0 atom stereocenters. The Labute approximate surface area is 110 Å². The summed E-state index contributed by atoms with van der Waals surface area (Å²) in [5, 5.41) is 0. The first-order chi connectivity index (χ1) is 7.91. The van der Waals surface area contributed by atoms with Gasteiger partial charge in [0.05, 0.1) is 5.69 Å². The van der Waals surface area contributed by atoms with E-state index in [1.165, 1.54) is 9.88 Å². The summed E-state index contributed by atoms with van der Waals surface area (Å²) in [6.45, 7) is 4.64. The van der Waals surface area contributed by atoms with Crippen molar-refractivity contribution in [3.8, 4) is 0 Å². The van der Waals surface area contributed by atoms with Gasteiger partial charge in [0.2, 0.25) is 0 Å². The van der Waals surface area contributed by atoms with Crippen molar-refractivity contribution in [1.29, 1.82) is 0 Å².